The number of carbonyl (C=O) groups excluding carboxylic acids is 1. The van der Waals surface area contributed by atoms with Crippen LogP contribution < -0.4 is 5.32 Å². The Labute approximate surface area is 108 Å². The summed E-state index contributed by atoms with van der Waals surface area (Å²) in [5.74, 6) is 0.596. The minimum absolute atomic E-state index is 0.0847. The number of thioether (sulfide) groups is 1. The van der Waals surface area contributed by atoms with Crippen molar-refractivity contribution in [1.82, 2.24) is 0 Å². The molecule has 1 aliphatic rings. The van der Waals surface area contributed by atoms with E-state index >= 15 is 0 Å². The van der Waals surface area contributed by atoms with Crippen molar-refractivity contribution >= 4 is 34.7 Å². The first-order chi connectivity index (χ1) is 8.34. The van der Waals surface area contributed by atoms with Crippen molar-refractivity contribution in [3.05, 3.63) is 52.2 Å². The number of rotatable bonds is 1. The Bertz CT molecular complexity index is 536. The van der Waals surface area contributed by atoms with Crippen LogP contribution in [0.25, 0.3) is 0 Å². The van der Waals surface area contributed by atoms with Crippen LogP contribution in [-0.4, -0.2) is 11.7 Å². The molecule has 0 spiro atoms. The van der Waals surface area contributed by atoms with E-state index in [0.717, 1.165) is 5.69 Å². The van der Waals surface area contributed by atoms with E-state index in [0.29, 0.717) is 5.75 Å². The van der Waals surface area contributed by atoms with Crippen molar-refractivity contribution in [3.63, 3.8) is 0 Å². The smallest absolute Gasteiger partial charge is 0.234 e. The van der Waals surface area contributed by atoms with Gasteiger partial charge in [-0.1, -0.05) is 24.3 Å². The first kappa shape index (κ1) is 10.9. The molecular weight excluding hydrogens is 250 g/mol. The molecule has 17 heavy (non-hydrogen) atoms. The van der Waals surface area contributed by atoms with Gasteiger partial charge < -0.3 is 5.32 Å². The Morgan fingerprint density at radius 2 is 2.06 bits per heavy atom. The minimum atomic E-state index is 0.0847. The highest BCUT2D eigenvalue weighted by molar-refractivity contribution is 8.00. The molecule has 1 aliphatic heterocycles. The highest BCUT2D eigenvalue weighted by atomic mass is 32.2. The molecule has 3 rings (SSSR count). The Kier molecular flexibility index (Phi) is 2.91. The fourth-order valence-corrected chi connectivity index (χ4v) is 4.06. The fourth-order valence-electron chi connectivity index (χ4n) is 1.95. The van der Waals surface area contributed by atoms with Gasteiger partial charge >= 0.3 is 0 Å². The van der Waals surface area contributed by atoms with E-state index in [2.05, 4.69) is 28.9 Å². The molecule has 0 saturated carbocycles. The van der Waals surface area contributed by atoms with Crippen LogP contribution >= 0.6 is 23.1 Å². The molecule has 0 saturated heterocycles. The Hall–Kier alpha value is -1.26. The number of fused-ring (bicyclic) bond motifs is 1. The predicted molar refractivity (Wildman–Crippen MR) is 73.7 cm³/mol. The van der Waals surface area contributed by atoms with Gasteiger partial charge in [-0.15, -0.1) is 23.1 Å². The molecule has 0 radical (unpaired) electrons. The zero-order valence-corrected chi connectivity index (χ0v) is 10.7. The monoisotopic (exact) mass is 261 g/mol. The molecule has 2 nitrogen and oxygen atoms in total. The summed E-state index contributed by atoms with van der Waals surface area (Å²) in [6.45, 7) is 0. The number of hydrogen-bond donors (Lipinski definition) is 1. The standard InChI is InChI=1S/C13H11NOS2/c15-12-8-17-13(11-6-3-7-16-11)9-4-1-2-5-10(9)14-12/h1-7,13H,8H2,(H,14,15). The van der Waals surface area contributed by atoms with E-state index in [4.69, 9.17) is 0 Å². The maximum Gasteiger partial charge on any atom is 0.234 e. The van der Waals surface area contributed by atoms with Crippen LogP contribution in [0.3, 0.4) is 0 Å². The number of para-hydroxylation sites is 1. The van der Waals surface area contributed by atoms with Gasteiger partial charge in [-0.2, -0.15) is 0 Å². The normalized spacial score (nSPS) is 19.3. The van der Waals surface area contributed by atoms with Gasteiger partial charge in [-0.05, 0) is 23.1 Å². The van der Waals surface area contributed by atoms with Gasteiger partial charge in [0, 0.05) is 10.6 Å². The zero-order valence-electron chi connectivity index (χ0n) is 9.05. The molecule has 2 aromatic rings. The number of amides is 1. The lowest BCUT2D eigenvalue weighted by atomic mass is 10.1. The van der Waals surface area contributed by atoms with Gasteiger partial charge in [0.05, 0.1) is 11.0 Å². The quantitative estimate of drug-likeness (QED) is 0.851. The van der Waals surface area contributed by atoms with Crippen molar-refractivity contribution in [3.8, 4) is 0 Å². The molecule has 1 N–H and O–H groups in total. The lowest BCUT2D eigenvalue weighted by molar-refractivity contribution is -0.113. The molecule has 0 fully saturated rings. The van der Waals surface area contributed by atoms with Gasteiger partial charge in [0.15, 0.2) is 0 Å². The molecule has 1 atom stereocenters. The summed E-state index contributed by atoms with van der Waals surface area (Å²) in [6.07, 6.45) is 0. The fraction of sp³-hybridized carbons (Fsp3) is 0.154. The number of anilines is 1. The number of benzene rings is 1. The molecular formula is C13H11NOS2. The third-order valence-electron chi connectivity index (χ3n) is 2.70. The lowest BCUT2D eigenvalue weighted by Crippen LogP contribution is -2.12. The summed E-state index contributed by atoms with van der Waals surface area (Å²) in [6, 6.07) is 12.2. The van der Waals surface area contributed by atoms with E-state index in [1.165, 1.54) is 10.4 Å². The first-order valence-corrected chi connectivity index (χ1v) is 7.31. The second-order valence-electron chi connectivity index (χ2n) is 3.84. The average Bonchev–Trinajstić information content (AvgIpc) is 2.80. The van der Waals surface area contributed by atoms with Crippen LogP contribution in [0.2, 0.25) is 0 Å². The molecule has 1 unspecified atom stereocenters. The number of carbonyl (C=O) groups is 1. The summed E-state index contributed by atoms with van der Waals surface area (Å²) >= 11 is 3.43. The molecule has 1 aromatic carbocycles. The van der Waals surface area contributed by atoms with Crippen LogP contribution in [0.5, 0.6) is 0 Å². The molecule has 86 valence electrons. The van der Waals surface area contributed by atoms with Crippen LogP contribution in [0.4, 0.5) is 5.69 Å². The third-order valence-corrected chi connectivity index (χ3v) is 5.06. The molecule has 1 aromatic heterocycles. The molecule has 0 bridgehead atoms. The zero-order chi connectivity index (χ0) is 11.7. The second-order valence-corrected chi connectivity index (χ2v) is 5.91. The topological polar surface area (TPSA) is 29.1 Å². The Balaban J connectivity index is 2.08. The maximum absolute atomic E-state index is 11.6. The van der Waals surface area contributed by atoms with Crippen molar-refractivity contribution in [2.45, 2.75) is 5.25 Å². The highest BCUT2D eigenvalue weighted by Gasteiger charge is 2.24. The molecule has 2 heterocycles. The van der Waals surface area contributed by atoms with Crippen LogP contribution in [0.15, 0.2) is 41.8 Å². The third kappa shape index (κ3) is 2.10. The van der Waals surface area contributed by atoms with Crippen molar-refractivity contribution < 1.29 is 4.79 Å². The molecule has 0 aliphatic carbocycles. The summed E-state index contributed by atoms with van der Waals surface area (Å²) in [7, 11) is 0. The van der Waals surface area contributed by atoms with Gasteiger partial charge in [0.25, 0.3) is 0 Å². The van der Waals surface area contributed by atoms with Gasteiger partial charge in [0.2, 0.25) is 5.91 Å². The van der Waals surface area contributed by atoms with Gasteiger partial charge in [-0.3, -0.25) is 4.79 Å². The minimum Gasteiger partial charge on any atom is -0.325 e. The second kappa shape index (κ2) is 4.55. The van der Waals surface area contributed by atoms with Gasteiger partial charge in [-0.25, -0.2) is 0 Å². The number of hydrogen-bond acceptors (Lipinski definition) is 3. The summed E-state index contributed by atoms with van der Waals surface area (Å²) in [5, 5.41) is 5.31. The number of thiophene rings is 1. The number of nitrogens with one attached hydrogen (secondary N) is 1. The van der Waals surface area contributed by atoms with Crippen LogP contribution in [0, 0.1) is 0 Å². The van der Waals surface area contributed by atoms with E-state index in [1.54, 1.807) is 23.1 Å². The Morgan fingerprint density at radius 1 is 1.18 bits per heavy atom. The maximum atomic E-state index is 11.6. The van der Waals surface area contributed by atoms with E-state index in [-0.39, 0.29) is 11.2 Å². The van der Waals surface area contributed by atoms with E-state index in [9.17, 15) is 4.79 Å². The van der Waals surface area contributed by atoms with Crippen LogP contribution in [0.1, 0.15) is 15.7 Å². The molecule has 4 heteroatoms. The summed E-state index contributed by atoms with van der Waals surface area (Å²) < 4.78 is 0. The Morgan fingerprint density at radius 3 is 2.88 bits per heavy atom. The van der Waals surface area contributed by atoms with Gasteiger partial charge in [0.1, 0.15) is 0 Å². The first-order valence-electron chi connectivity index (χ1n) is 5.38. The largest absolute Gasteiger partial charge is 0.325 e. The van der Waals surface area contributed by atoms with Crippen molar-refractivity contribution in [2.75, 3.05) is 11.1 Å². The van der Waals surface area contributed by atoms with Crippen LogP contribution in [-0.2, 0) is 4.79 Å². The van der Waals surface area contributed by atoms with Crippen molar-refractivity contribution in [2.24, 2.45) is 0 Å². The predicted octanol–water partition coefficient (Wildman–Crippen LogP) is 3.52. The lowest BCUT2D eigenvalue weighted by Gasteiger charge is -2.14. The summed E-state index contributed by atoms with van der Waals surface area (Å²) in [5.41, 5.74) is 2.15. The van der Waals surface area contributed by atoms with E-state index < -0.39 is 0 Å². The molecule has 1 amide bonds. The summed E-state index contributed by atoms with van der Waals surface area (Å²) in [4.78, 5) is 12.9. The highest BCUT2D eigenvalue weighted by Crippen LogP contribution is 2.42. The van der Waals surface area contributed by atoms with E-state index in [1.807, 2.05) is 18.2 Å². The average molecular weight is 261 g/mol. The van der Waals surface area contributed by atoms with Crippen molar-refractivity contribution in [1.29, 1.82) is 0 Å². The SMILES string of the molecule is O=C1CSC(c2cccs2)c2ccccc2N1.